The van der Waals surface area contributed by atoms with Crippen LogP contribution in [-0.4, -0.2) is 11.1 Å². The first-order chi connectivity index (χ1) is 8.91. The van der Waals surface area contributed by atoms with Gasteiger partial charge in [0.15, 0.2) is 0 Å². The second kappa shape index (κ2) is 4.09. The van der Waals surface area contributed by atoms with E-state index in [1.807, 2.05) is 0 Å². The molecule has 19 heavy (non-hydrogen) atoms. The second-order valence-corrected chi connectivity index (χ2v) is 6.93. The minimum absolute atomic E-state index is 0.125. The van der Waals surface area contributed by atoms with Crippen LogP contribution < -0.4 is 0 Å². The monoisotopic (exact) mass is 258 g/mol. The number of carbonyl (C=O) groups is 1. The van der Waals surface area contributed by atoms with E-state index >= 15 is 0 Å². The molecule has 0 heterocycles. The Balaban J connectivity index is 2.38. The van der Waals surface area contributed by atoms with Crippen LogP contribution in [0.25, 0.3) is 0 Å². The summed E-state index contributed by atoms with van der Waals surface area (Å²) in [5, 5.41) is 9.61. The van der Waals surface area contributed by atoms with Crippen molar-refractivity contribution in [2.24, 2.45) is 0 Å². The van der Waals surface area contributed by atoms with Gasteiger partial charge in [0.2, 0.25) is 0 Å². The van der Waals surface area contributed by atoms with Crippen molar-refractivity contribution in [2.75, 3.05) is 0 Å². The number of hydrogen-bond donors (Lipinski definition) is 1. The maximum Gasteiger partial charge on any atom is 0.336 e. The summed E-state index contributed by atoms with van der Waals surface area (Å²) in [5.74, 6) is -0.711. The van der Waals surface area contributed by atoms with Gasteiger partial charge in [0, 0.05) is 0 Å². The summed E-state index contributed by atoms with van der Waals surface area (Å²) in [7, 11) is 0. The number of carboxylic acids is 1. The summed E-state index contributed by atoms with van der Waals surface area (Å²) in [6.45, 7) is 6.79. The van der Waals surface area contributed by atoms with Crippen LogP contribution in [0.5, 0.6) is 0 Å². The topological polar surface area (TPSA) is 37.3 Å². The minimum Gasteiger partial charge on any atom is -0.478 e. The third kappa shape index (κ3) is 1.80. The Labute approximate surface area is 114 Å². The van der Waals surface area contributed by atoms with E-state index in [1.54, 1.807) is 0 Å². The molecule has 2 heteroatoms. The first kappa shape index (κ1) is 12.7. The fourth-order valence-corrected chi connectivity index (χ4v) is 4.12. The van der Waals surface area contributed by atoms with Gasteiger partial charge in [-0.3, -0.25) is 0 Å². The van der Waals surface area contributed by atoms with Crippen LogP contribution in [0.1, 0.15) is 71.8 Å². The van der Waals surface area contributed by atoms with Crippen molar-refractivity contribution in [2.45, 2.75) is 64.7 Å². The van der Waals surface area contributed by atoms with E-state index in [1.165, 1.54) is 16.7 Å². The zero-order chi connectivity index (χ0) is 13.8. The van der Waals surface area contributed by atoms with Crippen molar-refractivity contribution >= 4 is 5.97 Å². The molecule has 1 aromatic rings. The molecule has 0 atom stereocenters. The van der Waals surface area contributed by atoms with E-state index in [2.05, 4.69) is 20.8 Å². The second-order valence-electron chi connectivity index (χ2n) is 6.93. The summed E-state index contributed by atoms with van der Waals surface area (Å²) < 4.78 is 0. The van der Waals surface area contributed by atoms with Gasteiger partial charge in [-0.1, -0.05) is 20.8 Å². The molecule has 0 amide bonds. The zero-order valence-corrected chi connectivity index (χ0v) is 12.1. The van der Waals surface area contributed by atoms with E-state index in [9.17, 15) is 9.90 Å². The highest BCUT2D eigenvalue weighted by molar-refractivity contribution is 5.93. The molecule has 3 rings (SSSR count). The predicted molar refractivity (Wildman–Crippen MR) is 76.2 cm³/mol. The fraction of sp³-hybridized carbons (Fsp3) is 0.588. The van der Waals surface area contributed by atoms with Gasteiger partial charge in [0.1, 0.15) is 0 Å². The molecule has 0 saturated carbocycles. The Morgan fingerprint density at radius 1 is 0.895 bits per heavy atom. The number of aromatic carboxylic acids is 1. The Kier molecular flexibility index (Phi) is 2.74. The van der Waals surface area contributed by atoms with Crippen LogP contribution in [0, 0.1) is 0 Å². The zero-order valence-electron chi connectivity index (χ0n) is 12.1. The number of carboxylic acid groups (broad SMARTS) is 1. The molecule has 0 bridgehead atoms. The molecule has 0 unspecified atom stereocenters. The third-order valence-corrected chi connectivity index (χ3v) is 4.61. The van der Waals surface area contributed by atoms with Gasteiger partial charge < -0.3 is 5.11 Å². The van der Waals surface area contributed by atoms with Crippen molar-refractivity contribution in [3.8, 4) is 0 Å². The van der Waals surface area contributed by atoms with Gasteiger partial charge in [-0.25, -0.2) is 4.79 Å². The van der Waals surface area contributed by atoms with Gasteiger partial charge >= 0.3 is 5.97 Å². The molecule has 1 aromatic carbocycles. The maximum atomic E-state index is 11.7. The Bertz CT molecular complexity index is 527. The third-order valence-electron chi connectivity index (χ3n) is 4.61. The standard InChI is InChI=1S/C17H22O2/c1-17(2,3)15-12-8-4-6-10(12)14(16(18)19)11-7-5-9-13(11)15/h4-9H2,1-3H3,(H,18,19). The lowest BCUT2D eigenvalue weighted by Gasteiger charge is -2.28. The van der Waals surface area contributed by atoms with E-state index < -0.39 is 5.97 Å². The minimum atomic E-state index is -0.711. The van der Waals surface area contributed by atoms with Crippen LogP contribution in [-0.2, 0) is 31.1 Å². The molecular weight excluding hydrogens is 236 g/mol. The summed E-state index contributed by atoms with van der Waals surface area (Å²) >= 11 is 0. The first-order valence-corrected chi connectivity index (χ1v) is 7.34. The largest absolute Gasteiger partial charge is 0.478 e. The number of hydrogen-bond acceptors (Lipinski definition) is 1. The van der Waals surface area contributed by atoms with Crippen molar-refractivity contribution < 1.29 is 9.90 Å². The summed E-state index contributed by atoms with van der Waals surface area (Å²) in [6.07, 6.45) is 6.26. The Morgan fingerprint density at radius 2 is 1.32 bits per heavy atom. The van der Waals surface area contributed by atoms with Crippen LogP contribution >= 0.6 is 0 Å². The molecule has 2 aliphatic carbocycles. The number of rotatable bonds is 1. The average Bonchev–Trinajstić information content (AvgIpc) is 2.89. The van der Waals surface area contributed by atoms with Gasteiger partial charge in [0.05, 0.1) is 5.56 Å². The Hall–Kier alpha value is -1.31. The van der Waals surface area contributed by atoms with Crippen LogP contribution in [0.3, 0.4) is 0 Å². The fourth-order valence-electron chi connectivity index (χ4n) is 4.12. The highest BCUT2D eigenvalue weighted by Crippen LogP contribution is 2.43. The highest BCUT2D eigenvalue weighted by Gasteiger charge is 2.34. The van der Waals surface area contributed by atoms with Gasteiger partial charge in [-0.2, -0.15) is 0 Å². The van der Waals surface area contributed by atoms with Crippen molar-refractivity contribution in [3.05, 3.63) is 33.4 Å². The van der Waals surface area contributed by atoms with Crippen LogP contribution in [0.4, 0.5) is 0 Å². The molecular formula is C17H22O2. The molecule has 0 spiro atoms. The van der Waals surface area contributed by atoms with Gasteiger partial charge in [-0.15, -0.1) is 0 Å². The van der Waals surface area contributed by atoms with E-state index in [-0.39, 0.29) is 5.41 Å². The van der Waals surface area contributed by atoms with Gasteiger partial charge in [0.25, 0.3) is 0 Å². The van der Waals surface area contributed by atoms with Crippen molar-refractivity contribution in [1.29, 1.82) is 0 Å². The summed E-state index contributed by atoms with van der Waals surface area (Å²) in [5.41, 5.74) is 7.29. The molecule has 0 saturated heterocycles. The molecule has 0 fully saturated rings. The highest BCUT2D eigenvalue weighted by atomic mass is 16.4. The van der Waals surface area contributed by atoms with Crippen LogP contribution in [0.15, 0.2) is 0 Å². The SMILES string of the molecule is CC(C)(C)c1c2c(c(C(=O)O)c3c1CCC3)CCC2. The van der Waals surface area contributed by atoms with Crippen molar-refractivity contribution in [1.82, 2.24) is 0 Å². The van der Waals surface area contributed by atoms with Crippen molar-refractivity contribution in [3.63, 3.8) is 0 Å². The molecule has 0 aliphatic heterocycles. The number of fused-ring (bicyclic) bond motifs is 2. The average molecular weight is 258 g/mol. The molecule has 0 radical (unpaired) electrons. The maximum absolute atomic E-state index is 11.7. The predicted octanol–water partition coefficient (Wildman–Crippen LogP) is 3.66. The first-order valence-electron chi connectivity index (χ1n) is 7.34. The quantitative estimate of drug-likeness (QED) is 0.834. The molecule has 2 nitrogen and oxygen atoms in total. The lowest BCUT2D eigenvalue weighted by atomic mass is 9.76. The lowest BCUT2D eigenvalue weighted by molar-refractivity contribution is 0.0694. The Morgan fingerprint density at radius 3 is 1.68 bits per heavy atom. The summed E-state index contributed by atoms with van der Waals surface area (Å²) in [6, 6.07) is 0. The normalized spacial score (nSPS) is 17.4. The lowest BCUT2D eigenvalue weighted by Crippen LogP contribution is -2.20. The van der Waals surface area contributed by atoms with E-state index in [4.69, 9.17) is 0 Å². The van der Waals surface area contributed by atoms with Crippen LogP contribution in [0.2, 0.25) is 0 Å². The molecule has 0 aromatic heterocycles. The van der Waals surface area contributed by atoms with Gasteiger partial charge in [-0.05, 0) is 71.8 Å². The van der Waals surface area contributed by atoms with E-state index in [0.29, 0.717) is 5.56 Å². The molecule has 2 aliphatic rings. The smallest absolute Gasteiger partial charge is 0.336 e. The molecule has 1 N–H and O–H groups in total. The molecule has 102 valence electrons. The number of benzene rings is 1. The van der Waals surface area contributed by atoms with E-state index in [0.717, 1.165) is 49.7 Å². The summed E-state index contributed by atoms with van der Waals surface area (Å²) in [4.78, 5) is 11.7.